The Morgan fingerprint density at radius 1 is 1.20 bits per heavy atom. The second-order valence-corrected chi connectivity index (χ2v) is 3.43. The van der Waals surface area contributed by atoms with E-state index in [0.717, 1.165) is 5.69 Å². The number of hydrogen-bond acceptors (Lipinski definition) is 2. The number of nitrogens with one attached hydrogen (secondary N) is 1. The molecule has 0 aliphatic rings. The molecule has 0 aliphatic heterocycles. The fourth-order valence-electron chi connectivity index (χ4n) is 1.19. The first-order chi connectivity index (χ1) is 7.24. The largest absolute Gasteiger partial charge is 0.340 e. The highest BCUT2D eigenvalue weighted by Crippen LogP contribution is 2.18. The van der Waals surface area contributed by atoms with Crippen molar-refractivity contribution in [3.05, 3.63) is 53.4 Å². The molecule has 0 amide bonds. The van der Waals surface area contributed by atoms with E-state index in [1.807, 2.05) is 12.1 Å². The molecule has 0 atom stereocenters. The molecule has 2 rings (SSSR count). The summed E-state index contributed by atoms with van der Waals surface area (Å²) in [5.74, 6) is 0.131. The first-order valence-electron chi connectivity index (χ1n) is 4.38. The van der Waals surface area contributed by atoms with E-state index in [4.69, 9.17) is 11.6 Å². The highest BCUT2D eigenvalue weighted by atomic mass is 35.5. The van der Waals surface area contributed by atoms with Gasteiger partial charge in [0.1, 0.15) is 11.6 Å². The van der Waals surface area contributed by atoms with E-state index in [2.05, 4.69) is 10.3 Å². The average molecular weight is 223 g/mol. The van der Waals surface area contributed by atoms with Gasteiger partial charge in [0.2, 0.25) is 0 Å². The molecule has 76 valence electrons. The van der Waals surface area contributed by atoms with Crippen LogP contribution in [0, 0.1) is 5.82 Å². The van der Waals surface area contributed by atoms with Gasteiger partial charge >= 0.3 is 0 Å². The van der Waals surface area contributed by atoms with Crippen LogP contribution < -0.4 is 5.32 Å². The summed E-state index contributed by atoms with van der Waals surface area (Å²) in [6.07, 6.45) is 1.40. The van der Waals surface area contributed by atoms with Crippen molar-refractivity contribution in [2.24, 2.45) is 0 Å². The van der Waals surface area contributed by atoms with Crippen molar-refractivity contribution >= 4 is 23.1 Å². The van der Waals surface area contributed by atoms with E-state index in [1.54, 1.807) is 12.1 Å². The molecule has 2 aromatic rings. The molecular formula is C11H8ClFN2. The summed E-state index contributed by atoms with van der Waals surface area (Å²) in [6, 6.07) is 9.77. The fourth-order valence-corrected chi connectivity index (χ4v) is 1.38. The van der Waals surface area contributed by atoms with Gasteiger partial charge in [-0.05, 0) is 24.3 Å². The molecule has 2 nitrogen and oxygen atoms in total. The maximum Gasteiger partial charge on any atom is 0.133 e. The second kappa shape index (κ2) is 4.28. The molecule has 1 aromatic carbocycles. The average Bonchev–Trinajstić information content (AvgIpc) is 2.17. The zero-order valence-electron chi connectivity index (χ0n) is 7.74. The van der Waals surface area contributed by atoms with Crippen LogP contribution in [0.2, 0.25) is 5.02 Å². The normalized spacial score (nSPS) is 10.0. The standard InChI is InChI=1S/C11H8ClFN2/c12-8-2-1-3-10(6-8)15-11-7-9(13)4-5-14-11/h1-7H,(H,14,15). The van der Waals surface area contributed by atoms with Crippen molar-refractivity contribution in [1.29, 1.82) is 0 Å². The van der Waals surface area contributed by atoms with Crippen LogP contribution in [-0.2, 0) is 0 Å². The lowest BCUT2D eigenvalue weighted by atomic mass is 10.3. The summed E-state index contributed by atoms with van der Waals surface area (Å²) in [6.45, 7) is 0. The Balaban J connectivity index is 2.22. The minimum Gasteiger partial charge on any atom is -0.340 e. The number of benzene rings is 1. The molecule has 0 spiro atoms. The van der Waals surface area contributed by atoms with Crippen molar-refractivity contribution < 1.29 is 4.39 Å². The first-order valence-corrected chi connectivity index (χ1v) is 4.76. The number of aromatic nitrogens is 1. The Morgan fingerprint density at radius 2 is 2.07 bits per heavy atom. The maximum absolute atomic E-state index is 12.8. The van der Waals surface area contributed by atoms with Crippen LogP contribution in [0.15, 0.2) is 42.6 Å². The van der Waals surface area contributed by atoms with E-state index >= 15 is 0 Å². The summed E-state index contributed by atoms with van der Waals surface area (Å²) in [5.41, 5.74) is 0.778. The molecule has 1 aromatic heterocycles. The Labute approximate surface area is 91.7 Å². The molecule has 0 bridgehead atoms. The number of anilines is 2. The molecular weight excluding hydrogens is 215 g/mol. The van der Waals surface area contributed by atoms with Crippen LogP contribution in [-0.4, -0.2) is 4.98 Å². The van der Waals surface area contributed by atoms with Gasteiger partial charge < -0.3 is 5.32 Å². The van der Waals surface area contributed by atoms with E-state index < -0.39 is 0 Å². The molecule has 0 saturated heterocycles. The van der Waals surface area contributed by atoms with Crippen LogP contribution in [0.1, 0.15) is 0 Å². The van der Waals surface area contributed by atoms with E-state index in [0.29, 0.717) is 10.8 Å². The van der Waals surface area contributed by atoms with Crippen molar-refractivity contribution in [2.75, 3.05) is 5.32 Å². The lowest BCUT2D eigenvalue weighted by Crippen LogP contribution is -1.93. The summed E-state index contributed by atoms with van der Waals surface area (Å²) < 4.78 is 12.8. The number of nitrogens with zero attached hydrogens (tertiary/aromatic N) is 1. The molecule has 15 heavy (non-hydrogen) atoms. The van der Waals surface area contributed by atoms with E-state index in [1.165, 1.54) is 18.3 Å². The van der Waals surface area contributed by atoms with Crippen molar-refractivity contribution in [1.82, 2.24) is 4.98 Å². The van der Waals surface area contributed by atoms with Crippen molar-refractivity contribution in [3.63, 3.8) is 0 Å². The summed E-state index contributed by atoms with van der Waals surface area (Å²) >= 11 is 5.81. The Morgan fingerprint density at radius 3 is 2.80 bits per heavy atom. The monoisotopic (exact) mass is 222 g/mol. The summed E-state index contributed by atoms with van der Waals surface area (Å²) in [4.78, 5) is 3.97. The highest BCUT2D eigenvalue weighted by molar-refractivity contribution is 6.30. The Hall–Kier alpha value is -1.61. The van der Waals surface area contributed by atoms with Crippen LogP contribution >= 0.6 is 11.6 Å². The predicted octanol–water partition coefficient (Wildman–Crippen LogP) is 3.62. The molecule has 1 heterocycles. The third-order valence-corrected chi connectivity index (χ3v) is 2.05. The molecule has 0 unspecified atom stereocenters. The lowest BCUT2D eigenvalue weighted by Gasteiger charge is -2.05. The topological polar surface area (TPSA) is 24.9 Å². The lowest BCUT2D eigenvalue weighted by molar-refractivity contribution is 0.626. The minimum absolute atomic E-state index is 0.325. The number of hydrogen-bond donors (Lipinski definition) is 1. The first kappa shape index (κ1) is 9.93. The van der Waals surface area contributed by atoms with Crippen LogP contribution in [0.4, 0.5) is 15.9 Å². The van der Waals surface area contributed by atoms with Gasteiger partial charge in [0, 0.05) is 23.0 Å². The SMILES string of the molecule is Fc1ccnc(Nc2cccc(Cl)c2)c1. The van der Waals surface area contributed by atoms with Crippen LogP contribution in [0.5, 0.6) is 0 Å². The fraction of sp³-hybridized carbons (Fsp3) is 0. The van der Waals surface area contributed by atoms with Gasteiger partial charge in [-0.1, -0.05) is 17.7 Å². The van der Waals surface area contributed by atoms with Gasteiger partial charge in [-0.25, -0.2) is 9.37 Å². The quantitative estimate of drug-likeness (QED) is 0.840. The minimum atomic E-state index is -0.325. The second-order valence-electron chi connectivity index (χ2n) is 2.99. The number of rotatable bonds is 2. The van der Waals surface area contributed by atoms with Crippen LogP contribution in [0.25, 0.3) is 0 Å². The third-order valence-electron chi connectivity index (χ3n) is 1.82. The molecule has 0 fully saturated rings. The van der Waals surface area contributed by atoms with E-state index in [-0.39, 0.29) is 5.82 Å². The van der Waals surface area contributed by atoms with Crippen molar-refractivity contribution in [2.45, 2.75) is 0 Å². The zero-order chi connectivity index (χ0) is 10.7. The molecule has 1 N–H and O–H groups in total. The molecule has 0 saturated carbocycles. The predicted molar refractivity (Wildman–Crippen MR) is 58.9 cm³/mol. The molecule has 0 aliphatic carbocycles. The Bertz CT molecular complexity index is 430. The number of pyridine rings is 1. The maximum atomic E-state index is 12.8. The highest BCUT2D eigenvalue weighted by Gasteiger charge is 1.97. The number of halogens is 2. The van der Waals surface area contributed by atoms with Crippen molar-refractivity contribution in [3.8, 4) is 0 Å². The third kappa shape index (κ3) is 2.67. The summed E-state index contributed by atoms with van der Waals surface area (Å²) in [5, 5.41) is 3.57. The zero-order valence-corrected chi connectivity index (χ0v) is 8.50. The van der Waals surface area contributed by atoms with Gasteiger partial charge in [0.15, 0.2) is 0 Å². The van der Waals surface area contributed by atoms with Crippen LogP contribution in [0.3, 0.4) is 0 Å². The summed E-state index contributed by atoms with van der Waals surface area (Å²) in [7, 11) is 0. The van der Waals surface area contributed by atoms with Gasteiger partial charge in [0.05, 0.1) is 0 Å². The van der Waals surface area contributed by atoms with Gasteiger partial charge in [-0.3, -0.25) is 0 Å². The Kier molecular flexibility index (Phi) is 2.83. The van der Waals surface area contributed by atoms with Gasteiger partial charge in [-0.15, -0.1) is 0 Å². The van der Waals surface area contributed by atoms with E-state index in [9.17, 15) is 4.39 Å². The van der Waals surface area contributed by atoms with Gasteiger partial charge in [-0.2, -0.15) is 0 Å². The van der Waals surface area contributed by atoms with Gasteiger partial charge in [0.25, 0.3) is 0 Å². The molecule has 0 radical (unpaired) electrons. The molecule has 4 heteroatoms. The smallest absolute Gasteiger partial charge is 0.133 e.